The number of rotatable bonds is 6. The molecule has 2 aromatic rings. The maximum Gasteiger partial charge on any atom is 0.0746 e. The van der Waals surface area contributed by atoms with E-state index in [1.165, 1.54) is 10.9 Å². The number of fused-ring (bicyclic) bond motifs is 1. The third kappa shape index (κ3) is 3.49. The molecule has 0 saturated carbocycles. The van der Waals surface area contributed by atoms with Gasteiger partial charge in [-0.25, -0.2) is 0 Å². The zero-order valence-electron chi connectivity index (χ0n) is 10.2. The average Bonchev–Trinajstić information content (AvgIpc) is 2.43. The molecular weight excluding hydrogens is 240 g/mol. The van der Waals surface area contributed by atoms with Gasteiger partial charge in [-0.3, -0.25) is 4.98 Å². The van der Waals surface area contributed by atoms with E-state index in [0.717, 1.165) is 30.1 Å². The van der Waals surface area contributed by atoms with Crippen molar-refractivity contribution in [3.05, 3.63) is 42.1 Å². The van der Waals surface area contributed by atoms with E-state index in [2.05, 4.69) is 40.5 Å². The molecule has 18 heavy (non-hydrogen) atoms. The van der Waals surface area contributed by atoms with Crippen LogP contribution in [0.5, 0.6) is 0 Å². The summed E-state index contributed by atoms with van der Waals surface area (Å²) in [6, 6.07) is 10.4. The van der Waals surface area contributed by atoms with Crippen LogP contribution in [0.4, 0.5) is 0 Å². The minimum atomic E-state index is 0.789. The maximum atomic E-state index is 5.20. The predicted octanol–water partition coefficient (Wildman–Crippen LogP) is 2.69. The summed E-state index contributed by atoms with van der Waals surface area (Å²) in [5.74, 6) is 4.46. The first-order chi connectivity index (χ1) is 8.92. The number of benzene rings is 1. The smallest absolute Gasteiger partial charge is 0.0746 e. The van der Waals surface area contributed by atoms with Crippen molar-refractivity contribution in [2.75, 3.05) is 18.1 Å². The number of nitrogens with zero attached hydrogens (tertiary/aromatic N) is 1. The van der Waals surface area contributed by atoms with Crippen LogP contribution in [-0.2, 0) is 6.54 Å². The highest BCUT2D eigenvalue weighted by Crippen LogP contribution is 2.15. The van der Waals surface area contributed by atoms with Crippen molar-refractivity contribution < 1.29 is 0 Å². The van der Waals surface area contributed by atoms with Crippen LogP contribution < -0.4 is 5.32 Å². The highest BCUT2D eigenvalue weighted by molar-refractivity contribution is 7.99. The van der Waals surface area contributed by atoms with Gasteiger partial charge in [-0.1, -0.05) is 30.2 Å². The number of para-hydroxylation sites is 1. The van der Waals surface area contributed by atoms with Gasteiger partial charge in [0.05, 0.1) is 11.3 Å². The lowest BCUT2D eigenvalue weighted by atomic mass is 10.1. The van der Waals surface area contributed by atoms with E-state index in [0.29, 0.717) is 0 Å². The molecule has 2 rings (SSSR count). The van der Waals surface area contributed by atoms with Crippen LogP contribution in [0, 0.1) is 12.3 Å². The topological polar surface area (TPSA) is 24.9 Å². The fourth-order valence-corrected chi connectivity index (χ4v) is 2.36. The van der Waals surface area contributed by atoms with Gasteiger partial charge < -0.3 is 5.32 Å². The van der Waals surface area contributed by atoms with E-state index in [-0.39, 0.29) is 0 Å². The molecule has 1 aromatic carbocycles. The molecule has 0 spiro atoms. The third-order valence-electron chi connectivity index (χ3n) is 2.64. The van der Waals surface area contributed by atoms with Crippen LogP contribution in [0.15, 0.2) is 36.5 Å². The van der Waals surface area contributed by atoms with Gasteiger partial charge in [0.1, 0.15) is 0 Å². The molecule has 92 valence electrons. The van der Waals surface area contributed by atoms with Crippen molar-refractivity contribution in [3.8, 4) is 12.3 Å². The van der Waals surface area contributed by atoms with Gasteiger partial charge in [0.2, 0.25) is 0 Å². The van der Waals surface area contributed by atoms with Crippen molar-refractivity contribution >= 4 is 22.7 Å². The molecule has 0 unspecified atom stereocenters. The number of hydrogen-bond acceptors (Lipinski definition) is 3. The molecule has 0 saturated heterocycles. The molecule has 0 atom stereocenters. The quantitative estimate of drug-likeness (QED) is 0.635. The Morgan fingerprint density at radius 2 is 2.17 bits per heavy atom. The minimum absolute atomic E-state index is 0.789. The van der Waals surface area contributed by atoms with E-state index in [4.69, 9.17) is 6.42 Å². The Labute approximate surface area is 112 Å². The summed E-state index contributed by atoms with van der Waals surface area (Å²) in [4.78, 5) is 4.44. The standard InChI is InChI=1S/C15H16N2S/c1-2-10-18-11-9-16-12-14-6-3-5-13-7-4-8-17-15(13)14/h1,3-8,16H,9-12H2. The number of thioether (sulfide) groups is 1. The van der Waals surface area contributed by atoms with Crippen LogP contribution >= 0.6 is 11.8 Å². The molecule has 0 radical (unpaired) electrons. The summed E-state index contributed by atoms with van der Waals surface area (Å²) >= 11 is 1.78. The van der Waals surface area contributed by atoms with E-state index < -0.39 is 0 Å². The number of nitrogens with one attached hydrogen (secondary N) is 1. The van der Waals surface area contributed by atoms with Gasteiger partial charge in [0.25, 0.3) is 0 Å². The van der Waals surface area contributed by atoms with E-state index >= 15 is 0 Å². The summed E-state index contributed by atoms with van der Waals surface area (Å²) in [5, 5.41) is 4.62. The zero-order valence-corrected chi connectivity index (χ0v) is 11.0. The molecule has 1 heterocycles. The van der Waals surface area contributed by atoms with Crippen molar-refractivity contribution in [2.24, 2.45) is 0 Å². The highest BCUT2D eigenvalue weighted by Gasteiger charge is 2.00. The molecule has 1 N–H and O–H groups in total. The van der Waals surface area contributed by atoms with Crippen molar-refractivity contribution in [1.82, 2.24) is 10.3 Å². The van der Waals surface area contributed by atoms with Gasteiger partial charge in [0.15, 0.2) is 0 Å². The summed E-state index contributed by atoms with van der Waals surface area (Å²) in [7, 11) is 0. The summed E-state index contributed by atoms with van der Waals surface area (Å²) in [6.45, 7) is 1.82. The maximum absolute atomic E-state index is 5.20. The average molecular weight is 256 g/mol. The SMILES string of the molecule is C#CCSCCNCc1cccc2cccnc12. The molecule has 0 aliphatic rings. The highest BCUT2D eigenvalue weighted by atomic mass is 32.2. The predicted molar refractivity (Wildman–Crippen MR) is 79.6 cm³/mol. The van der Waals surface area contributed by atoms with Crippen molar-refractivity contribution in [2.45, 2.75) is 6.54 Å². The molecule has 0 aliphatic heterocycles. The second-order valence-electron chi connectivity index (χ2n) is 3.93. The van der Waals surface area contributed by atoms with Crippen LogP contribution in [0.3, 0.4) is 0 Å². The van der Waals surface area contributed by atoms with E-state index in [9.17, 15) is 0 Å². The Morgan fingerprint density at radius 1 is 1.28 bits per heavy atom. The fraction of sp³-hybridized carbons (Fsp3) is 0.267. The van der Waals surface area contributed by atoms with Gasteiger partial charge in [-0.15, -0.1) is 18.2 Å². The molecule has 0 amide bonds. The first-order valence-corrected chi connectivity index (χ1v) is 7.12. The van der Waals surface area contributed by atoms with Gasteiger partial charge >= 0.3 is 0 Å². The van der Waals surface area contributed by atoms with Crippen molar-refractivity contribution in [1.29, 1.82) is 0 Å². The lowest BCUT2D eigenvalue weighted by Crippen LogP contribution is -2.17. The van der Waals surface area contributed by atoms with Crippen molar-refractivity contribution in [3.63, 3.8) is 0 Å². The van der Waals surface area contributed by atoms with E-state index in [1.807, 2.05) is 12.3 Å². The molecule has 0 fully saturated rings. The van der Waals surface area contributed by atoms with Crippen LogP contribution in [0.2, 0.25) is 0 Å². The van der Waals surface area contributed by atoms with E-state index in [1.54, 1.807) is 11.8 Å². The van der Waals surface area contributed by atoms with Crippen LogP contribution in [0.1, 0.15) is 5.56 Å². The first-order valence-electron chi connectivity index (χ1n) is 5.96. The molecule has 0 aliphatic carbocycles. The van der Waals surface area contributed by atoms with Gasteiger partial charge in [0, 0.05) is 30.4 Å². The number of hydrogen-bond donors (Lipinski definition) is 1. The Balaban J connectivity index is 1.90. The molecule has 2 nitrogen and oxygen atoms in total. The second-order valence-corrected chi connectivity index (χ2v) is 5.03. The molecule has 1 aromatic heterocycles. The monoisotopic (exact) mass is 256 g/mol. The Kier molecular flexibility index (Phi) is 5.07. The third-order valence-corrected chi connectivity index (χ3v) is 3.50. The van der Waals surface area contributed by atoms with Gasteiger partial charge in [-0.05, 0) is 11.6 Å². The summed E-state index contributed by atoms with van der Waals surface area (Å²) in [6.07, 6.45) is 7.04. The normalized spacial score (nSPS) is 10.4. The Bertz CT molecular complexity index is 540. The molecule has 3 heteroatoms. The first kappa shape index (κ1) is 12.9. The molecular formula is C15H16N2S. The Hall–Kier alpha value is -1.50. The Morgan fingerprint density at radius 3 is 3.06 bits per heavy atom. The minimum Gasteiger partial charge on any atom is -0.312 e. The van der Waals surface area contributed by atoms with Crippen LogP contribution in [0.25, 0.3) is 10.9 Å². The fourth-order valence-electron chi connectivity index (χ4n) is 1.81. The van der Waals surface area contributed by atoms with Gasteiger partial charge in [-0.2, -0.15) is 0 Å². The largest absolute Gasteiger partial charge is 0.312 e. The lowest BCUT2D eigenvalue weighted by molar-refractivity contribution is 0.735. The second kappa shape index (κ2) is 7.05. The van der Waals surface area contributed by atoms with Crippen LogP contribution in [-0.4, -0.2) is 23.0 Å². The number of pyridine rings is 1. The summed E-state index contributed by atoms with van der Waals surface area (Å²) in [5.41, 5.74) is 2.33. The summed E-state index contributed by atoms with van der Waals surface area (Å²) < 4.78 is 0. The molecule has 0 bridgehead atoms. The number of terminal acetylenes is 1. The zero-order chi connectivity index (χ0) is 12.6. The number of aromatic nitrogens is 1. The lowest BCUT2D eigenvalue weighted by Gasteiger charge is -2.07.